The van der Waals surface area contributed by atoms with E-state index in [4.69, 9.17) is 11.6 Å². The topological polar surface area (TPSA) is 101 Å². The normalized spacial score (nSPS) is 11.2. The first-order chi connectivity index (χ1) is 15.9. The average Bonchev–Trinajstić information content (AvgIpc) is 3.15. The summed E-state index contributed by atoms with van der Waals surface area (Å²) in [6, 6.07) is 22.7. The van der Waals surface area contributed by atoms with Gasteiger partial charge < -0.3 is 9.88 Å². The number of aromatic nitrogens is 1. The quantitative estimate of drug-likeness (QED) is 0.171. The molecule has 4 rings (SSSR count). The van der Waals surface area contributed by atoms with Crippen LogP contribution in [0.3, 0.4) is 0 Å². The molecule has 1 amide bonds. The van der Waals surface area contributed by atoms with Crippen LogP contribution in [0.1, 0.15) is 11.1 Å². The van der Waals surface area contributed by atoms with E-state index in [1.807, 2.05) is 65.4 Å². The zero-order valence-corrected chi connectivity index (χ0v) is 18.0. The van der Waals surface area contributed by atoms with Crippen molar-refractivity contribution in [3.63, 3.8) is 0 Å². The number of amides is 1. The molecule has 3 aromatic carbocycles. The summed E-state index contributed by atoms with van der Waals surface area (Å²) in [6.07, 6.45) is 3.43. The third-order valence-electron chi connectivity index (χ3n) is 5.06. The lowest BCUT2D eigenvalue weighted by Crippen LogP contribution is -2.13. The van der Waals surface area contributed by atoms with Crippen molar-refractivity contribution in [2.75, 3.05) is 5.32 Å². The van der Waals surface area contributed by atoms with Crippen molar-refractivity contribution in [3.05, 3.63) is 111 Å². The molecule has 4 aromatic rings. The molecule has 1 aromatic heterocycles. The van der Waals surface area contributed by atoms with Crippen molar-refractivity contribution in [1.82, 2.24) is 4.57 Å². The third kappa shape index (κ3) is 4.92. The number of fused-ring (bicyclic) bond motifs is 1. The second kappa shape index (κ2) is 9.39. The number of nitriles is 1. The summed E-state index contributed by atoms with van der Waals surface area (Å²) in [5, 5.41) is 24.6. The van der Waals surface area contributed by atoms with Gasteiger partial charge in [-0.15, -0.1) is 0 Å². The second-order valence-corrected chi connectivity index (χ2v) is 7.72. The molecule has 0 saturated heterocycles. The molecule has 0 saturated carbocycles. The minimum Gasteiger partial charge on any atom is -0.342 e. The number of benzene rings is 3. The van der Waals surface area contributed by atoms with Crippen LogP contribution < -0.4 is 5.32 Å². The average molecular weight is 457 g/mol. The number of rotatable bonds is 6. The fourth-order valence-corrected chi connectivity index (χ4v) is 3.73. The molecule has 0 aliphatic heterocycles. The molecular weight excluding hydrogens is 440 g/mol. The molecule has 33 heavy (non-hydrogen) atoms. The van der Waals surface area contributed by atoms with Gasteiger partial charge in [-0.05, 0) is 42.0 Å². The first-order valence-electron chi connectivity index (χ1n) is 9.94. The van der Waals surface area contributed by atoms with Gasteiger partial charge in [0, 0.05) is 52.1 Å². The molecule has 0 radical (unpaired) electrons. The molecule has 0 atom stereocenters. The molecule has 0 spiro atoms. The predicted octanol–water partition coefficient (Wildman–Crippen LogP) is 5.80. The number of nitrogens with zero attached hydrogens (tertiary/aromatic N) is 3. The fraction of sp³-hybridized carbons (Fsp3) is 0.0400. The summed E-state index contributed by atoms with van der Waals surface area (Å²) in [4.78, 5) is 22.9. The van der Waals surface area contributed by atoms with Crippen molar-refractivity contribution in [2.45, 2.75) is 6.54 Å². The Morgan fingerprint density at radius 1 is 1.12 bits per heavy atom. The van der Waals surface area contributed by atoms with E-state index in [0.717, 1.165) is 22.0 Å². The van der Waals surface area contributed by atoms with E-state index < -0.39 is 10.8 Å². The first kappa shape index (κ1) is 21.8. The van der Waals surface area contributed by atoms with Crippen molar-refractivity contribution < 1.29 is 9.72 Å². The van der Waals surface area contributed by atoms with Gasteiger partial charge in [0.2, 0.25) is 0 Å². The zero-order valence-electron chi connectivity index (χ0n) is 17.2. The van der Waals surface area contributed by atoms with Gasteiger partial charge in [-0.3, -0.25) is 14.9 Å². The largest absolute Gasteiger partial charge is 0.342 e. The Labute approximate surface area is 194 Å². The standard InChI is InChI=1S/C25H17ClN4O3/c26-20-5-3-4-17(12-20)15-29-16-19(23-6-1-2-7-24(23)29)13-18(14-27)25(31)28-21-8-10-22(11-9-21)30(32)33/h1-13,16H,15H2,(H,28,31). The number of hydrogen-bond acceptors (Lipinski definition) is 4. The third-order valence-corrected chi connectivity index (χ3v) is 5.30. The van der Waals surface area contributed by atoms with E-state index in [1.165, 1.54) is 30.3 Å². The molecule has 162 valence electrons. The first-order valence-corrected chi connectivity index (χ1v) is 10.3. The molecule has 7 nitrogen and oxygen atoms in total. The van der Waals surface area contributed by atoms with E-state index in [0.29, 0.717) is 17.3 Å². The molecule has 0 unspecified atom stereocenters. The molecule has 0 bridgehead atoms. The monoisotopic (exact) mass is 456 g/mol. The Morgan fingerprint density at radius 2 is 1.88 bits per heavy atom. The van der Waals surface area contributed by atoms with Crippen molar-refractivity contribution in [3.8, 4) is 6.07 Å². The van der Waals surface area contributed by atoms with E-state index >= 15 is 0 Å². The van der Waals surface area contributed by atoms with Crippen molar-refractivity contribution in [1.29, 1.82) is 5.26 Å². The molecule has 0 fully saturated rings. The molecule has 0 aliphatic carbocycles. The van der Waals surface area contributed by atoms with Gasteiger partial charge in [0.1, 0.15) is 11.6 Å². The highest BCUT2D eigenvalue weighted by molar-refractivity contribution is 6.30. The summed E-state index contributed by atoms with van der Waals surface area (Å²) in [5.41, 5.74) is 2.89. The molecular formula is C25H17ClN4O3. The Kier molecular flexibility index (Phi) is 6.20. The number of hydrogen-bond donors (Lipinski definition) is 1. The van der Waals surface area contributed by atoms with Gasteiger partial charge >= 0.3 is 0 Å². The minimum absolute atomic E-state index is 0.0842. The van der Waals surface area contributed by atoms with Gasteiger partial charge in [0.15, 0.2) is 0 Å². The van der Waals surface area contributed by atoms with Crippen LogP contribution in [0.15, 0.2) is 84.6 Å². The van der Waals surface area contributed by atoms with Crippen LogP contribution in [-0.2, 0) is 11.3 Å². The van der Waals surface area contributed by atoms with Crippen LogP contribution in [0.5, 0.6) is 0 Å². The summed E-state index contributed by atoms with van der Waals surface area (Å²) >= 11 is 6.12. The maximum atomic E-state index is 12.7. The number of nitrogens with one attached hydrogen (secondary N) is 1. The lowest BCUT2D eigenvalue weighted by atomic mass is 10.1. The Hall–Kier alpha value is -4.41. The highest BCUT2D eigenvalue weighted by atomic mass is 35.5. The molecule has 1 N–H and O–H groups in total. The number of nitro benzene ring substituents is 1. The van der Waals surface area contributed by atoms with Gasteiger partial charge in [0.25, 0.3) is 11.6 Å². The number of non-ortho nitro benzene ring substituents is 1. The number of carbonyl (C=O) groups is 1. The van der Waals surface area contributed by atoms with E-state index in [2.05, 4.69) is 5.32 Å². The summed E-state index contributed by atoms with van der Waals surface area (Å²) in [5.74, 6) is -0.599. The number of para-hydroxylation sites is 1. The lowest BCUT2D eigenvalue weighted by Gasteiger charge is -2.06. The summed E-state index contributed by atoms with van der Waals surface area (Å²) < 4.78 is 2.04. The molecule has 0 aliphatic rings. The van der Waals surface area contributed by atoms with Crippen molar-refractivity contribution >= 4 is 45.9 Å². The molecule has 1 heterocycles. The van der Waals surface area contributed by atoms with Crippen LogP contribution in [0, 0.1) is 21.4 Å². The zero-order chi connectivity index (χ0) is 23.4. The van der Waals surface area contributed by atoms with Crippen LogP contribution >= 0.6 is 11.6 Å². The van der Waals surface area contributed by atoms with E-state index in [1.54, 1.807) is 0 Å². The van der Waals surface area contributed by atoms with Gasteiger partial charge in [-0.2, -0.15) is 5.26 Å². The summed E-state index contributed by atoms with van der Waals surface area (Å²) in [7, 11) is 0. The Balaban J connectivity index is 1.64. The van der Waals surface area contributed by atoms with E-state index in [-0.39, 0.29) is 11.3 Å². The number of carbonyl (C=O) groups excluding carboxylic acids is 1. The smallest absolute Gasteiger partial charge is 0.269 e. The molecule has 8 heteroatoms. The maximum absolute atomic E-state index is 12.7. The highest BCUT2D eigenvalue weighted by Gasteiger charge is 2.14. The number of halogens is 1. The van der Waals surface area contributed by atoms with Crippen LogP contribution in [0.2, 0.25) is 5.02 Å². The number of nitro groups is 1. The van der Waals surface area contributed by atoms with Crippen LogP contribution in [-0.4, -0.2) is 15.4 Å². The maximum Gasteiger partial charge on any atom is 0.269 e. The predicted molar refractivity (Wildman–Crippen MR) is 128 cm³/mol. The highest BCUT2D eigenvalue weighted by Crippen LogP contribution is 2.25. The van der Waals surface area contributed by atoms with Crippen LogP contribution in [0.4, 0.5) is 11.4 Å². The van der Waals surface area contributed by atoms with Crippen LogP contribution in [0.25, 0.3) is 17.0 Å². The lowest BCUT2D eigenvalue weighted by molar-refractivity contribution is -0.384. The SMILES string of the molecule is N#CC(=Cc1cn(Cc2cccc(Cl)c2)c2ccccc12)C(=O)Nc1ccc([N+](=O)[O-])cc1. The van der Waals surface area contributed by atoms with E-state index in [9.17, 15) is 20.2 Å². The number of anilines is 1. The minimum atomic E-state index is -0.599. The van der Waals surface area contributed by atoms with Gasteiger partial charge in [-0.1, -0.05) is 41.9 Å². The Bertz CT molecular complexity index is 1430. The summed E-state index contributed by atoms with van der Waals surface area (Å²) in [6.45, 7) is 0.575. The van der Waals surface area contributed by atoms with Crippen molar-refractivity contribution in [2.24, 2.45) is 0 Å². The Morgan fingerprint density at radius 3 is 2.58 bits per heavy atom. The second-order valence-electron chi connectivity index (χ2n) is 7.29. The van der Waals surface area contributed by atoms with Gasteiger partial charge in [0.05, 0.1) is 4.92 Å². The fourth-order valence-electron chi connectivity index (χ4n) is 3.52. The van der Waals surface area contributed by atoms with Gasteiger partial charge in [-0.25, -0.2) is 0 Å².